The number of amides is 1. The molecule has 2 heterocycles. The molecule has 0 spiro atoms. The van der Waals surface area contributed by atoms with E-state index in [4.69, 9.17) is 0 Å². The maximum absolute atomic E-state index is 11.9. The molecule has 18 heavy (non-hydrogen) atoms. The normalized spacial score (nSPS) is 10.4. The average Bonchev–Trinajstić information content (AvgIpc) is 2.91. The molecule has 6 nitrogen and oxygen atoms in total. The third-order valence-corrected chi connectivity index (χ3v) is 2.37. The average molecular weight is 240 g/mol. The molecule has 88 valence electrons. The van der Waals surface area contributed by atoms with Gasteiger partial charge in [0.05, 0.1) is 23.4 Å². The predicted molar refractivity (Wildman–Crippen MR) is 64.0 cm³/mol. The van der Waals surface area contributed by atoms with Gasteiger partial charge in [-0.15, -0.1) is 0 Å². The topological polar surface area (TPSA) is 80.9 Å². The second-order valence-corrected chi connectivity index (χ2v) is 3.61. The molecule has 0 atom stereocenters. The van der Waals surface area contributed by atoms with Crippen LogP contribution in [0.1, 0.15) is 10.5 Å². The number of carbonyl (C=O) groups is 1. The number of carbonyl (C=O) groups excluding carboxylic acids is 1. The number of nitrogens with one attached hydrogen (secondary N) is 1. The molecule has 2 aromatic heterocycles. The Morgan fingerprint density at radius 1 is 1.17 bits per heavy atom. The van der Waals surface area contributed by atoms with Gasteiger partial charge in [0.1, 0.15) is 17.6 Å². The Hall–Kier alpha value is -2.76. The third-order valence-electron chi connectivity index (χ3n) is 2.37. The molecule has 0 bridgehead atoms. The minimum Gasteiger partial charge on any atom is -0.363 e. The fourth-order valence-corrected chi connectivity index (χ4v) is 1.53. The van der Waals surface area contributed by atoms with E-state index in [1.807, 2.05) is 18.2 Å². The molecule has 1 amide bonds. The van der Waals surface area contributed by atoms with Gasteiger partial charge in [0.2, 0.25) is 0 Å². The Labute approximate surface area is 102 Å². The lowest BCUT2D eigenvalue weighted by molar-refractivity contribution is 0.102. The molecule has 0 radical (unpaired) electrons. The fourth-order valence-electron chi connectivity index (χ4n) is 1.53. The smallest absolute Gasteiger partial charge is 0.276 e. The van der Waals surface area contributed by atoms with Crippen molar-refractivity contribution in [2.75, 3.05) is 5.32 Å². The van der Waals surface area contributed by atoms with Crippen molar-refractivity contribution in [3.63, 3.8) is 0 Å². The molecule has 0 saturated carbocycles. The Balaban J connectivity index is 1.92. The van der Waals surface area contributed by atoms with Crippen LogP contribution in [0, 0.1) is 0 Å². The van der Waals surface area contributed by atoms with Crippen LogP contribution in [-0.2, 0) is 0 Å². The van der Waals surface area contributed by atoms with Gasteiger partial charge in [0.15, 0.2) is 0 Å². The SMILES string of the molecule is O=C(Nc1cnoc1)c1cnc2ccccc2n1. The van der Waals surface area contributed by atoms with E-state index in [1.54, 1.807) is 6.07 Å². The lowest BCUT2D eigenvalue weighted by Gasteiger charge is -2.02. The second-order valence-electron chi connectivity index (χ2n) is 3.61. The first kappa shape index (κ1) is 10.4. The number of hydrogen-bond donors (Lipinski definition) is 1. The second kappa shape index (κ2) is 4.25. The monoisotopic (exact) mass is 240 g/mol. The van der Waals surface area contributed by atoms with E-state index in [0.717, 1.165) is 5.52 Å². The van der Waals surface area contributed by atoms with Crippen molar-refractivity contribution in [2.24, 2.45) is 0 Å². The molecule has 0 fully saturated rings. The third kappa shape index (κ3) is 1.91. The number of hydrogen-bond acceptors (Lipinski definition) is 5. The summed E-state index contributed by atoms with van der Waals surface area (Å²) in [7, 11) is 0. The molecule has 3 rings (SSSR count). The van der Waals surface area contributed by atoms with Crippen LogP contribution < -0.4 is 5.32 Å². The quantitative estimate of drug-likeness (QED) is 0.739. The van der Waals surface area contributed by atoms with Crippen LogP contribution >= 0.6 is 0 Å². The van der Waals surface area contributed by atoms with E-state index in [2.05, 4.69) is 25.0 Å². The van der Waals surface area contributed by atoms with Gasteiger partial charge < -0.3 is 9.84 Å². The Morgan fingerprint density at radius 3 is 2.78 bits per heavy atom. The largest absolute Gasteiger partial charge is 0.363 e. The van der Waals surface area contributed by atoms with E-state index >= 15 is 0 Å². The first-order chi connectivity index (χ1) is 8.83. The Morgan fingerprint density at radius 2 is 2.00 bits per heavy atom. The predicted octanol–water partition coefficient (Wildman–Crippen LogP) is 1.87. The number of para-hydroxylation sites is 2. The summed E-state index contributed by atoms with van der Waals surface area (Å²) in [6.07, 6.45) is 4.18. The number of anilines is 1. The summed E-state index contributed by atoms with van der Waals surface area (Å²) in [5, 5.41) is 6.10. The highest BCUT2D eigenvalue weighted by Crippen LogP contribution is 2.10. The van der Waals surface area contributed by atoms with E-state index in [1.165, 1.54) is 18.7 Å². The summed E-state index contributed by atoms with van der Waals surface area (Å²) in [6, 6.07) is 7.36. The first-order valence-electron chi connectivity index (χ1n) is 5.25. The fraction of sp³-hybridized carbons (Fsp3) is 0. The summed E-state index contributed by atoms with van der Waals surface area (Å²) >= 11 is 0. The van der Waals surface area contributed by atoms with Crippen LogP contribution in [0.4, 0.5) is 5.69 Å². The molecule has 1 N–H and O–H groups in total. The molecular formula is C12H8N4O2. The lowest BCUT2D eigenvalue weighted by atomic mass is 10.3. The van der Waals surface area contributed by atoms with E-state index < -0.39 is 0 Å². The van der Waals surface area contributed by atoms with Crippen LogP contribution in [0.5, 0.6) is 0 Å². The standard InChI is InChI=1S/C12H8N4O2/c17-12(15-8-5-14-18-7-8)11-6-13-9-3-1-2-4-10(9)16-11/h1-7H,(H,15,17). The minimum atomic E-state index is -0.351. The van der Waals surface area contributed by atoms with Crippen molar-refractivity contribution in [3.05, 3.63) is 48.6 Å². The van der Waals surface area contributed by atoms with E-state index in [9.17, 15) is 4.79 Å². The van der Waals surface area contributed by atoms with Crippen LogP contribution in [-0.4, -0.2) is 21.0 Å². The van der Waals surface area contributed by atoms with Gasteiger partial charge in [-0.3, -0.25) is 9.78 Å². The summed E-state index contributed by atoms with van der Waals surface area (Å²) in [5.74, 6) is -0.351. The molecule has 0 saturated heterocycles. The highest BCUT2D eigenvalue weighted by atomic mass is 16.5. The van der Waals surface area contributed by atoms with Crippen molar-refractivity contribution in [1.82, 2.24) is 15.1 Å². The number of rotatable bonds is 2. The zero-order chi connectivity index (χ0) is 12.4. The molecule has 3 aromatic rings. The molecule has 0 aliphatic carbocycles. The number of nitrogens with zero attached hydrogens (tertiary/aromatic N) is 3. The Bertz CT molecular complexity index is 694. The van der Waals surface area contributed by atoms with E-state index in [-0.39, 0.29) is 11.6 Å². The van der Waals surface area contributed by atoms with Crippen LogP contribution in [0.15, 0.2) is 47.4 Å². The van der Waals surface area contributed by atoms with Gasteiger partial charge >= 0.3 is 0 Å². The van der Waals surface area contributed by atoms with Crippen LogP contribution in [0.25, 0.3) is 11.0 Å². The zero-order valence-electron chi connectivity index (χ0n) is 9.20. The van der Waals surface area contributed by atoms with Gasteiger partial charge in [-0.2, -0.15) is 0 Å². The van der Waals surface area contributed by atoms with Gasteiger partial charge in [0.25, 0.3) is 5.91 Å². The number of fused-ring (bicyclic) bond motifs is 1. The summed E-state index contributed by atoms with van der Waals surface area (Å²) in [4.78, 5) is 20.3. The van der Waals surface area contributed by atoms with Crippen molar-refractivity contribution < 1.29 is 9.32 Å². The summed E-state index contributed by atoms with van der Waals surface area (Å²) in [6.45, 7) is 0. The maximum Gasteiger partial charge on any atom is 0.276 e. The van der Waals surface area contributed by atoms with Crippen molar-refractivity contribution in [3.8, 4) is 0 Å². The number of aromatic nitrogens is 3. The van der Waals surface area contributed by atoms with Crippen molar-refractivity contribution in [2.45, 2.75) is 0 Å². The first-order valence-corrected chi connectivity index (χ1v) is 5.25. The molecule has 6 heteroatoms. The molecule has 1 aromatic carbocycles. The van der Waals surface area contributed by atoms with Crippen LogP contribution in [0.3, 0.4) is 0 Å². The molecule has 0 unspecified atom stereocenters. The molecule has 0 aliphatic rings. The highest BCUT2D eigenvalue weighted by molar-refractivity contribution is 6.03. The minimum absolute atomic E-state index is 0.245. The van der Waals surface area contributed by atoms with E-state index in [0.29, 0.717) is 11.2 Å². The van der Waals surface area contributed by atoms with Gasteiger partial charge in [-0.1, -0.05) is 17.3 Å². The van der Waals surface area contributed by atoms with Gasteiger partial charge in [-0.25, -0.2) is 4.98 Å². The number of benzene rings is 1. The maximum atomic E-state index is 11.9. The van der Waals surface area contributed by atoms with Gasteiger partial charge in [-0.05, 0) is 12.1 Å². The summed E-state index contributed by atoms with van der Waals surface area (Å²) in [5.41, 5.74) is 2.15. The zero-order valence-corrected chi connectivity index (χ0v) is 9.20. The van der Waals surface area contributed by atoms with Crippen molar-refractivity contribution in [1.29, 1.82) is 0 Å². The highest BCUT2D eigenvalue weighted by Gasteiger charge is 2.10. The van der Waals surface area contributed by atoms with Gasteiger partial charge in [0, 0.05) is 0 Å². The molecular weight excluding hydrogens is 232 g/mol. The Kier molecular flexibility index (Phi) is 2.45. The summed E-state index contributed by atoms with van der Waals surface area (Å²) < 4.78 is 4.62. The van der Waals surface area contributed by atoms with Crippen LogP contribution in [0.2, 0.25) is 0 Å². The lowest BCUT2D eigenvalue weighted by Crippen LogP contribution is -2.13. The van der Waals surface area contributed by atoms with Crippen molar-refractivity contribution >= 4 is 22.6 Å². The molecule has 0 aliphatic heterocycles.